The fraction of sp³-hybridized carbons (Fsp3) is 1.00. The smallest absolute Gasteiger partial charge is 0.180 e. The van der Waals surface area contributed by atoms with Gasteiger partial charge in [0.25, 0.3) is 0 Å². The van der Waals surface area contributed by atoms with Gasteiger partial charge in [0.15, 0.2) is 5.79 Å². The molecule has 0 N–H and O–H groups in total. The van der Waals surface area contributed by atoms with Crippen LogP contribution in [0.3, 0.4) is 0 Å². The van der Waals surface area contributed by atoms with E-state index in [2.05, 4.69) is 37.4 Å². The van der Waals surface area contributed by atoms with Crippen LogP contribution < -0.4 is 0 Å². The second-order valence-corrected chi connectivity index (χ2v) is 8.60. The molecule has 4 rings (SSSR count). The molecular weight excluding hydrogens is 240 g/mol. The fourth-order valence-corrected chi connectivity index (χ4v) is 5.91. The summed E-state index contributed by atoms with van der Waals surface area (Å²) in [6, 6.07) is 0. The average molecular weight is 260 g/mol. The summed E-state index contributed by atoms with van der Waals surface area (Å²) in [5, 5.41) is 2.65. The molecule has 0 aromatic carbocycles. The Morgan fingerprint density at radius 3 is 2.50 bits per heavy atom. The highest BCUT2D eigenvalue weighted by molar-refractivity contribution is 8.01. The highest BCUT2D eigenvalue weighted by Crippen LogP contribution is 2.50. The van der Waals surface area contributed by atoms with Crippen molar-refractivity contribution in [2.45, 2.75) is 59.9 Å². The third-order valence-corrected chi connectivity index (χ3v) is 6.62. The van der Waals surface area contributed by atoms with E-state index in [0.717, 1.165) is 24.9 Å². The van der Waals surface area contributed by atoms with Gasteiger partial charge in [-0.25, -0.2) is 0 Å². The molecule has 1 aliphatic carbocycles. The molecule has 0 aromatic heterocycles. The maximum atomic E-state index is 6.16. The van der Waals surface area contributed by atoms with Crippen molar-refractivity contribution in [1.29, 1.82) is 0 Å². The van der Waals surface area contributed by atoms with Gasteiger partial charge in [0.05, 0.1) is 18.5 Å². The maximum absolute atomic E-state index is 6.16. The maximum Gasteiger partial charge on any atom is 0.180 e. The minimum atomic E-state index is -0.233. The molecule has 16 heavy (non-hydrogen) atoms. The first-order chi connectivity index (χ1) is 7.68. The quantitative estimate of drug-likeness (QED) is 0.666. The Bertz CT molecular complexity index is 270. The summed E-state index contributed by atoms with van der Waals surface area (Å²) in [6.45, 7) is 6.25. The van der Waals surface area contributed by atoms with Gasteiger partial charge < -0.3 is 9.47 Å². The third kappa shape index (κ3) is 2.02. The van der Waals surface area contributed by atoms with Crippen LogP contribution in [0.4, 0.5) is 0 Å². The van der Waals surface area contributed by atoms with Gasteiger partial charge in [-0.15, -0.1) is 11.8 Å². The first kappa shape index (κ1) is 11.7. The zero-order valence-electron chi connectivity index (χ0n) is 9.98. The summed E-state index contributed by atoms with van der Waals surface area (Å²) >= 11 is 4.20. The standard InChI is InChI=1S/C12H20O2S2/c1-8-6-13-12-4-3-10(15-8)5-11(12)16-9(2)7-14-12/h8-11H,3-7H2,1-2H3. The molecule has 2 nitrogen and oxygen atoms in total. The van der Waals surface area contributed by atoms with Crippen LogP contribution in [-0.4, -0.2) is 40.0 Å². The van der Waals surface area contributed by atoms with Crippen molar-refractivity contribution in [2.75, 3.05) is 13.2 Å². The minimum absolute atomic E-state index is 0.233. The Morgan fingerprint density at radius 1 is 1.06 bits per heavy atom. The molecule has 3 heterocycles. The van der Waals surface area contributed by atoms with Crippen LogP contribution in [-0.2, 0) is 9.47 Å². The van der Waals surface area contributed by atoms with Crippen LogP contribution in [0.1, 0.15) is 33.1 Å². The zero-order chi connectivity index (χ0) is 11.2. The van der Waals surface area contributed by atoms with Gasteiger partial charge in [0.2, 0.25) is 0 Å². The lowest BCUT2D eigenvalue weighted by molar-refractivity contribution is -0.252. The molecule has 1 spiro atoms. The molecule has 92 valence electrons. The van der Waals surface area contributed by atoms with Crippen molar-refractivity contribution in [1.82, 2.24) is 0 Å². The molecular formula is C12H20O2S2. The van der Waals surface area contributed by atoms with E-state index in [4.69, 9.17) is 9.47 Å². The number of thioether (sulfide) groups is 2. The molecule has 4 aliphatic rings. The number of hydrogen-bond donors (Lipinski definition) is 0. The van der Waals surface area contributed by atoms with Gasteiger partial charge >= 0.3 is 0 Å². The van der Waals surface area contributed by atoms with Crippen LogP contribution in [0, 0.1) is 0 Å². The highest BCUT2D eigenvalue weighted by Gasteiger charge is 2.51. The average Bonchev–Trinajstić information content (AvgIpc) is 2.24. The molecule has 3 saturated heterocycles. The van der Waals surface area contributed by atoms with E-state index in [1.165, 1.54) is 12.8 Å². The summed E-state index contributed by atoms with van der Waals surface area (Å²) in [5.74, 6) is -0.233. The molecule has 3 aliphatic heterocycles. The molecule has 4 heteroatoms. The van der Waals surface area contributed by atoms with Crippen molar-refractivity contribution in [3.63, 3.8) is 0 Å². The molecule has 0 amide bonds. The van der Waals surface area contributed by atoms with Crippen molar-refractivity contribution in [3.8, 4) is 0 Å². The lowest BCUT2D eigenvalue weighted by Gasteiger charge is -2.51. The van der Waals surface area contributed by atoms with Gasteiger partial charge in [-0.05, 0) is 12.8 Å². The largest absolute Gasteiger partial charge is 0.348 e. The number of fused-ring (bicyclic) bond motifs is 4. The van der Waals surface area contributed by atoms with E-state index in [1.807, 2.05) is 0 Å². The van der Waals surface area contributed by atoms with Crippen molar-refractivity contribution in [2.24, 2.45) is 0 Å². The SMILES string of the molecule is CC1COC23CCC(CC2SC(C)CO3)S1. The van der Waals surface area contributed by atoms with E-state index in [-0.39, 0.29) is 5.79 Å². The predicted octanol–water partition coefficient (Wildman–Crippen LogP) is 2.91. The fourth-order valence-electron chi connectivity index (χ4n) is 2.92. The van der Waals surface area contributed by atoms with E-state index >= 15 is 0 Å². The lowest BCUT2D eigenvalue weighted by atomic mass is 9.92. The third-order valence-electron chi connectivity index (χ3n) is 3.73. The first-order valence-corrected chi connectivity index (χ1v) is 8.15. The van der Waals surface area contributed by atoms with Gasteiger partial charge in [-0.3, -0.25) is 0 Å². The Hall–Kier alpha value is 0.620. The van der Waals surface area contributed by atoms with Crippen LogP contribution >= 0.6 is 23.5 Å². The number of rotatable bonds is 0. The van der Waals surface area contributed by atoms with E-state index in [1.54, 1.807) is 0 Å². The van der Waals surface area contributed by atoms with Gasteiger partial charge in [-0.1, -0.05) is 13.8 Å². The Balaban J connectivity index is 1.82. The summed E-state index contributed by atoms with van der Waals surface area (Å²) in [7, 11) is 0. The Labute approximate surface area is 106 Å². The second-order valence-electron chi connectivity index (χ2n) is 5.21. The minimum Gasteiger partial charge on any atom is -0.348 e. The molecule has 5 atom stereocenters. The molecule has 4 fully saturated rings. The highest BCUT2D eigenvalue weighted by atomic mass is 32.2. The van der Waals surface area contributed by atoms with E-state index in [0.29, 0.717) is 15.7 Å². The first-order valence-electron chi connectivity index (χ1n) is 6.27. The molecule has 0 radical (unpaired) electrons. The van der Waals surface area contributed by atoms with Gasteiger partial charge in [0.1, 0.15) is 0 Å². The van der Waals surface area contributed by atoms with Crippen LogP contribution in [0.5, 0.6) is 0 Å². The van der Waals surface area contributed by atoms with Crippen molar-refractivity contribution >= 4 is 23.5 Å². The second kappa shape index (κ2) is 4.38. The number of ether oxygens (including phenoxy) is 2. The monoisotopic (exact) mass is 260 g/mol. The predicted molar refractivity (Wildman–Crippen MR) is 70.2 cm³/mol. The lowest BCUT2D eigenvalue weighted by Crippen LogP contribution is -2.56. The van der Waals surface area contributed by atoms with Crippen LogP contribution in [0.15, 0.2) is 0 Å². The summed E-state index contributed by atoms with van der Waals surface area (Å²) in [4.78, 5) is 0. The topological polar surface area (TPSA) is 18.5 Å². The molecule has 1 saturated carbocycles. The molecule has 5 unspecified atom stereocenters. The normalized spacial score (nSPS) is 52.9. The summed E-state index contributed by atoms with van der Waals surface area (Å²) < 4.78 is 12.3. The van der Waals surface area contributed by atoms with Crippen LogP contribution in [0.25, 0.3) is 0 Å². The Kier molecular flexibility index (Phi) is 3.20. The van der Waals surface area contributed by atoms with Gasteiger partial charge in [-0.2, -0.15) is 11.8 Å². The van der Waals surface area contributed by atoms with Crippen molar-refractivity contribution < 1.29 is 9.47 Å². The molecule has 2 bridgehead atoms. The van der Waals surface area contributed by atoms with Crippen molar-refractivity contribution in [3.05, 3.63) is 0 Å². The number of hydrogen-bond acceptors (Lipinski definition) is 4. The Morgan fingerprint density at radius 2 is 1.75 bits per heavy atom. The summed E-state index contributed by atoms with van der Waals surface area (Å²) in [6.07, 6.45) is 3.63. The van der Waals surface area contributed by atoms with E-state index in [9.17, 15) is 0 Å². The van der Waals surface area contributed by atoms with Crippen LogP contribution in [0.2, 0.25) is 0 Å². The van der Waals surface area contributed by atoms with E-state index < -0.39 is 0 Å². The molecule has 0 aromatic rings. The van der Waals surface area contributed by atoms with Gasteiger partial charge in [0, 0.05) is 22.2 Å². The zero-order valence-corrected chi connectivity index (χ0v) is 11.6. The summed E-state index contributed by atoms with van der Waals surface area (Å²) in [5.41, 5.74) is 0.